The number of alkyl halides is 1. The summed E-state index contributed by atoms with van der Waals surface area (Å²) in [6, 6.07) is -1.00. The maximum absolute atomic E-state index is 13.3. The van der Waals surface area contributed by atoms with Crippen LogP contribution in [0.1, 0.15) is 130 Å². The number of likely N-dealkylation sites (N-methyl/N-ethyl adjacent to an activating group) is 1. The number of nitrogens with one attached hydrogen (secondary N) is 1. The van der Waals surface area contributed by atoms with Crippen molar-refractivity contribution in [2.45, 2.75) is 177 Å². The van der Waals surface area contributed by atoms with Gasteiger partial charge in [-0.15, -0.1) is 23.4 Å². The van der Waals surface area contributed by atoms with E-state index in [1.54, 1.807) is 13.2 Å². The average molecular weight is 663 g/mol. The standard InChI is InChI=1S/C34H63ClN2O6S/c1-6-8-9-10-11-12-13-14-15-16-17-18-19-21-27(38)42-32-30(40)29(39)31(43-34(32)44-5)28(24(3)35)36-33(41)26-22-25(20-7-2)23-37(26)4/h24-26,28-32,34,39-40H,6-23H2,1-5H3,(H,36,41)/t24-,25-,26-,28+,29+,30-,31+,32-,34-/m0/s1. The minimum absolute atomic E-state index is 0.152. The second-order valence-electron chi connectivity index (χ2n) is 13.2. The van der Waals surface area contributed by atoms with Crippen LogP contribution in [0.4, 0.5) is 0 Å². The summed E-state index contributed by atoms with van der Waals surface area (Å²) in [7, 11) is 1.95. The molecule has 2 rings (SSSR count). The van der Waals surface area contributed by atoms with Crippen LogP contribution < -0.4 is 5.32 Å². The van der Waals surface area contributed by atoms with Crippen LogP contribution in [0.15, 0.2) is 0 Å². The molecular weight excluding hydrogens is 600 g/mol. The minimum atomic E-state index is -1.38. The smallest absolute Gasteiger partial charge is 0.306 e. The van der Waals surface area contributed by atoms with Crippen LogP contribution in [-0.4, -0.2) is 94.2 Å². The van der Waals surface area contributed by atoms with E-state index >= 15 is 0 Å². The van der Waals surface area contributed by atoms with Crippen molar-refractivity contribution in [3.8, 4) is 0 Å². The molecule has 0 bridgehead atoms. The summed E-state index contributed by atoms with van der Waals surface area (Å²) in [5.41, 5.74) is -0.702. The lowest BCUT2D eigenvalue weighted by Gasteiger charge is -2.45. The summed E-state index contributed by atoms with van der Waals surface area (Å²) < 4.78 is 11.9. The van der Waals surface area contributed by atoms with Gasteiger partial charge in [0, 0.05) is 13.0 Å². The Labute approximate surface area is 277 Å². The van der Waals surface area contributed by atoms with Gasteiger partial charge in [-0.1, -0.05) is 97.3 Å². The lowest BCUT2D eigenvalue weighted by Crippen LogP contribution is -2.65. The Morgan fingerprint density at radius 3 is 2.05 bits per heavy atom. The molecule has 2 aliphatic heterocycles. The lowest BCUT2D eigenvalue weighted by molar-refractivity contribution is -0.218. The summed E-state index contributed by atoms with van der Waals surface area (Å²) in [5.74, 6) is -0.0742. The zero-order valence-electron chi connectivity index (χ0n) is 28.2. The van der Waals surface area contributed by atoms with Crippen molar-refractivity contribution < 1.29 is 29.3 Å². The molecule has 1 amide bonds. The van der Waals surface area contributed by atoms with Crippen molar-refractivity contribution in [2.24, 2.45) is 5.92 Å². The summed E-state index contributed by atoms with van der Waals surface area (Å²) in [5, 5.41) is 24.6. The molecule has 44 heavy (non-hydrogen) atoms. The fourth-order valence-corrected chi connectivity index (χ4v) is 7.65. The zero-order valence-corrected chi connectivity index (χ0v) is 29.8. The van der Waals surface area contributed by atoms with Gasteiger partial charge in [-0.2, -0.15) is 0 Å². The van der Waals surface area contributed by atoms with E-state index in [9.17, 15) is 19.8 Å². The number of halogens is 1. The number of aliphatic hydroxyl groups excluding tert-OH is 2. The van der Waals surface area contributed by atoms with E-state index in [-0.39, 0.29) is 18.4 Å². The molecule has 8 nitrogen and oxygen atoms in total. The van der Waals surface area contributed by atoms with Crippen LogP contribution in [0.2, 0.25) is 0 Å². The number of carbonyl (C=O) groups excluding carboxylic acids is 2. The van der Waals surface area contributed by atoms with Gasteiger partial charge in [0.05, 0.1) is 17.5 Å². The van der Waals surface area contributed by atoms with Crippen LogP contribution in [-0.2, 0) is 19.1 Å². The highest BCUT2D eigenvalue weighted by Gasteiger charge is 2.50. The number of carbonyl (C=O) groups is 2. The van der Waals surface area contributed by atoms with Crippen LogP contribution in [0, 0.1) is 5.92 Å². The molecule has 2 heterocycles. The number of likely N-dealkylation sites (tertiary alicyclic amines) is 1. The third-order valence-corrected chi connectivity index (χ3v) is 10.5. The fourth-order valence-electron chi connectivity index (χ4n) is 6.72. The Balaban J connectivity index is 1.76. The fraction of sp³-hybridized carbons (Fsp3) is 0.941. The topological polar surface area (TPSA) is 108 Å². The molecule has 0 aromatic rings. The Kier molecular flexibility index (Phi) is 19.9. The number of rotatable bonds is 22. The molecule has 2 aliphatic rings. The third-order valence-electron chi connectivity index (χ3n) is 9.36. The zero-order chi connectivity index (χ0) is 32.5. The lowest BCUT2D eigenvalue weighted by atomic mass is 9.92. The normalized spacial score (nSPS) is 29.0. The van der Waals surface area contributed by atoms with Gasteiger partial charge in [0.1, 0.15) is 23.7 Å². The molecule has 2 saturated heterocycles. The van der Waals surface area contributed by atoms with Crippen molar-refractivity contribution in [3.05, 3.63) is 0 Å². The molecular formula is C34H63ClN2O6S. The minimum Gasteiger partial charge on any atom is -0.456 e. The predicted octanol–water partition coefficient (Wildman–Crippen LogP) is 6.42. The van der Waals surface area contributed by atoms with Gasteiger partial charge in [-0.05, 0) is 45.4 Å². The second-order valence-corrected chi connectivity index (χ2v) is 14.8. The summed E-state index contributed by atoms with van der Waals surface area (Å²) in [4.78, 5) is 28.0. The summed E-state index contributed by atoms with van der Waals surface area (Å²) in [6.07, 6.45) is 16.3. The molecule has 10 heteroatoms. The summed E-state index contributed by atoms with van der Waals surface area (Å²) >= 11 is 7.82. The largest absolute Gasteiger partial charge is 0.456 e. The van der Waals surface area contributed by atoms with E-state index in [1.165, 1.54) is 76.0 Å². The van der Waals surface area contributed by atoms with E-state index in [0.29, 0.717) is 5.92 Å². The van der Waals surface area contributed by atoms with E-state index in [4.69, 9.17) is 21.1 Å². The first-order chi connectivity index (χ1) is 21.1. The number of hydrogen-bond acceptors (Lipinski definition) is 8. The van der Waals surface area contributed by atoms with Gasteiger partial charge in [-0.3, -0.25) is 14.5 Å². The first-order valence-electron chi connectivity index (χ1n) is 17.5. The highest BCUT2D eigenvalue weighted by molar-refractivity contribution is 7.99. The molecule has 3 N–H and O–H groups in total. The molecule has 258 valence electrons. The van der Waals surface area contributed by atoms with E-state index in [0.717, 1.165) is 45.1 Å². The number of esters is 1. The first kappa shape index (κ1) is 39.6. The molecule has 9 atom stereocenters. The van der Waals surface area contributed by atoms with Crippen molar-refractivity contribution in [1.29, 1.82) is 0 Å². The van der Waals surface area contributed by atoms with Crippen LogP contribution in [0.25, 0.3) is 0 Å². The molecule has 0 aliphatic carbocycles. The van der Waals surface area contributed by atoms with Crippen molar-refractivity contribution >= 4 is 35.2 Å². The maximum Gasteiger partial charge on any atom is 0.306 e. The molecule has 0 unspecified atom stereocenters. The van der Waals surface area contributed by atoms with Crippen molar-refractivity contribution in [3.63, 3.8) is 0 Å². The van der Waals surface area contributed by atoms with Gasteiger partial charge in [0.2, 0.25) is 5.91 Å². The Morgan fingerprint density at radius 1 is 0.955 bits per heavy atom. The molecule has 0 saturated carbocycles. The van der Waals surface area contributed by atoms with Gasteiger partial charge >= 0.3 is 5.97 Å². The molecule has 0 radical (unpaired) electrons. The Morgan fingerprint density at radius 2 is 1.52 bits per heavy atom. The predicted molar refractivity (Wildman–Crippen MR) is 181 cm³/mol. The number of amides is 1. The van der Waals surface area contributed by atoms with Gasteiger partial charge in [0.15, 0.2) is 6.10 Å². The van der Waals surface area contributed by atoms with Crippen LogP contribution in [0.3, 0.4) is 0 Å². The van der Waals surface area contributed by atoms with E-state index in [2.05, 4.69) is 24.1 Å². The van der Waals surface area contributed by atoms with Gasteiger partial charge in [-0.25, -0.2) is 0 Å². The van der Waals surface area contributed by atoms with Crippen molar-refractivity contribution in [2.75, 3.05) is 19.8 Å². The average Bonchev–Trinajstić information content (AvgIpc) is 3.36. The number of thioether (sulfide) groups is 1. The number of hydrogen-bond donors (Lipinski definition) is 3. The van der Waals surface area contributed by atoms with Gasteiger partial charge < -0.3 is 25.0 Å². The third kappa shape index (κ3) is 13.3. The highest BCUT2D eigenvalue weighted by atomic mass is 35.5. The molecule has 2 fully saturated rings. The van der Waals surface area contributed by atoms with Gasteiger partial charge in [0.25, 0.3) is 0 Å². The van der Waals surface area contributed by atoms with Crippen LogP contribution >= 0.6 is 23.4 Å². The molecule has 0 spiro atoms. The molecule has 0 aromatic heterocycles. The summed E-state index contributed by atoms with van der Waals surface area (Å²) in [6.45, 7) is 7.01. The number of unbranched alkanes of at least 4 members (excludes halogenated alkanes) is 12. The van der Waals surface area contributed by atoms with E-state index < -0.39 is 47.2 Å². The number of nitrogens with zero attached hydrogens (tertiary/aromatic N) is 1. The molecule has 0 aromatic carbocycles. The SMILES string of the molecule is CCCCCCCCCCCCCCCC(=O)O[C@H]1[C@@H](O)[C@@H](O)[C@@H]([C@H](NC(=O)[C@@H]2C[C@H](CCC)CN2C)[C@H](C)Cl)O[C@H]1SC. The quantitative estimate of drug-likeness (QED) is 0.0693. The number of ether oxygens (including phenoxy) is 2. The Hall–Kier alpha value is -0.580. The number of aliphatic hydroxyl groups is 2. The van der Waals surface area contributed by atoms with E-state index in [1.807, 2.05) is 7.05 Å². The van der Waals surface area contributed by atoms with Crippen molar-refractivity contribution in [1.82, 2.24) is 10.2 Å². The Bertz CT molecular complexity index is 806. The monoisotopic (exact) mass is 662 g/mol. The first-order valence-corrected chi connectivity index (χ1v) is 19.2. The highest BCUT2D eigenvalue weighted by Crippen LogP contribution is 2.33. The second kappa shape index (κ2) is 22.1. The van der Waals surface area contributed by atoms with Crippen LogP contribution in [0.5, 0.6) is 0 Å². The maximum atomic E-state index is 13.3.